The summed E-state index contributed by atoms with van der Waals surface area (Å²) >= 11 is 6.57. The number of hydrogen-bond donors (Lipinski definition) is 0. The molecule has 0 bridgehead atoms. The fraction of sp³-hybridized carbons (Fsp3) is 0.227. The molecule has 0 aliphatic heterocycles. The molecular formula is C22H20ClN3. The lowest BCUT2D eigenvalue weighted by Crippen LogP contribution is -2.03. The Morgan fingerprint density at radius 2 is 2.12 bits per heavy atom. The van der Waals surface area contributed by atoms with E-state index in [1.807, 2.05) is 18.2 Å². The Bertz CT molecular complexity index is 1160. The first kappa shape index (κ1) is 15.7. The van der Waals surface area contributed by atoms with E-state index >= 15 is 0 Å². The average molecular weight is 362 g/mol. The number of halogens is 1. The minimum absolute atomic E-state index is 0.755. The fourth-order valence-electron chi connectivity index (χ4n) is 3.78. The van der Waals surface area contributed by atoms with Crippen LogP contribution in [-0.2, 0) is 6.54 Å². The molecule has 4 heteroatoms. The third-order valence-electron chi connectivity index (χ3n) is 5.38. The largest absolute Gasteiger partial charge is 0.338 e. The first-order chi connectivity index (χ1) is 12.7. The van der Waals surface area contributed by atoms with E-state index < -0.39 is 0 Å². The molecule has 0 unspecified atom stereocenters. The van der Waals surface area contributed by atoms with Gasteiger partial charge in [-0.1, -0.05) is 36.4 Å². The molecule has 1 aromatic carbocycles. The molecular weight excluding hydrogens is 342 g/mol. The summed E-state index contributed by atoms with van der Waals surface area (Å²) in [5.74, 6) is 0.755. The van der Waals surface area contributed by atoms with Crippen LogP contribution in [0.1, 0.15) is 24.1 Å². The quantitative estimate of drug-likeness (QED) is 0.439. The SMILES string of the molecule is C=Cc1ccn2c(C)c(-c3cc4cccc(Cl)c4n3CC3CC3)nc2c1. The maximum Gasteiger partial charge on any atom is 0.138 e. The van der Waals surface area contributed by atoms with E-state index in [4.69, 9.17) is 16.6 Å². The zero-order valence-corrected chi connectivity index (χ0v) is 15.5. The highest BCUT2D eigenvalue weighted by Crippen LogP contribution is 2.38. The van der Waals surface area contributed by atoms with Crippen LogP contribution in [0, 0.1) is 12.8 Å². The molecule has 0 spiro atoms. The molecule has 4 aromatic rings. The normalized spacial score (nSPS) is 14.4. The number of rotatable bonds is 4. The highest BCUT2D eigenvalue weighted by atomic mass is 35.5. The summed E-state index contributed by atoms with van der Waals surface area (Å²) in [5.41, 5.74) is 6.48. The molecule has 5 rings (SSSR count). The summed E-state index contributed by atoms with van der Waals surface area (Å²) < 4.78 is 4.52. The van der Waals surface area contributed by atoms with Crippen molar-refractivity contribution in [1.82, 2.24) is 14.0 Å². The first-order valence-electron chi connectivity index (χ1n) is 9.05. The summed E-state index contributed by atoms with van der Waals surface area (Å²) in [6, 6.07) is 12.5. The Morgan fingerprint density at radius 3 is 2.88 bits per heavy atom. The second kappa shape index (κ2) is 5.75. The summed E-state index contributed by atoms with van der Waals surface area (Å²) in [5, 5.41) is 1.99. The van der Waals surface area contributed by atoms with Gasteiger partial charge < -0.3 is 8.97 Å². The predicted octanol–water partition coefficient (Wildman–Crippen LogP) is 5.97. The number of pyridine rings is 1. The molecule has 3 heterocycles. The van der Waals surface area contributed by atoms with Crippen molar-refractivity contribution >= 4 is 34.2 Å². The summed E-state index contributed by atoms with van der Waals surface area (Å²) in [7, 11) is 0. The van der Waals surface area contributed by atoms with E-state index in [-0.39, 0.29) is 0 Å². The van der Waals surface area contributed by atoms with E-state index in [1.165, 1.54) is 18.2 Å². The van der Waals surface area contributed by atoms with Gasteiger partial charge in [0.1, 0.15) is 11.3 Å². The molecule has 3 aromatic heterocycles. The number of para-hydroxylation sites is 1. The Kier molecular flexibility index (Phi) is 3.47. The number of aromatic nitrogens is 3. The smallest absolute Gasteiger partial charge is 0.138 e. The molecule has 26 heavy (non-hydrogen) atoms. The topological polar surface area (TPSA) is 22.2 Å². The van der Waals surface area contributed by atoms with Crippen LogP contribution in [0.4, 0.5) is 0 Å². The van der Waals surface area contributed by atoms with Crippen LogP contribution >= 0.6 is 11.6 Å². The van der Waals surface area contributed by atoms with E-state index in [2.05, 4.69) is 52.9 Å². The lowest BCUT2D eigenvalue weighted by Gasteiger charge is -2.10. The molecule has 1 aliphatic rings. The van der Waals surface area contributed by atoms with Crippen LogP contribution in [-0.4, -0.2) is 14.0 Å². The molecule has 3 nitrogen and oxygen atoms in total. The van der Waals surface area contributed by atoms with Gasteiger partial charge in [0.15, 0.2) is 0 Å². The lowest BCUT2D eigenvalue weighted by atomic mass is 10.2. The molecule has 0 radical (unpaired) electrons. The predicted molar refractivity (Wildman–Crippen MR) is 109 cm³/mol. The van der Waals surface area contributed by atoms with Gasteiger partial charge >= 0.3 is 0 Å². The van der Waals surface area contributed by atoms with Crippen molar-refractivity contribution in [2.24, 2.45) is 5.92 Å². The zero-order valence-electron chi connectivity index (χ0n) is 14.7. The van der Waals surface area contributed by atoms with Crippen LogP contribution in [0.15, 0.2) is 49.2 Å². The molecule has 1 fully saturated rings. The maximum absolute atomic E-state index is 6.57. The minimum atomic E-state index is 0.755. The molecule has 1 aliphatic carbocycles. The number of nitrogens with zero attached hydrogens (tertiary/aromatic N) is 3. The molecule has 0 N–H and O–H groups in total. The highest BCUT2D eigenvalue weighted by Gasteiger charge is 2.26. The summed E-state index contributed by atoms with van der Waals surface area (Å²) in [6.45, 7) is 7.00. The monoisotopic (exact) mass is 361 g/mol. The van der Waals surface area contributed by atoms with E-state index in [9.17, 15) is 0 Å². The van der Waals surface area contributed by atoms with E-state index in [0.29, 0.717) is 0 Å². The summed E-state index contributed by atoms with van der Waals surface area (Å²) in [4.78, 5) is 4.96. The molecule has 0 saturated heterocycles. The van der Waals surface area contributed by atoms with Gasteiger partial charge in [0.25, 0.3) is 0 Å². The van der Waals surface area contributed by atoms with Gasteiger partial charge in [0.05, 0.1) is 16.2 Å². The average Bonchev–Trinajstić information content (AvgIpc) is 3.30. The van der Waals surface area contributed by atoms with Gasteiger partial charge in [0, 0.05) is 23.8 Å². The third kappa shape index (κ3) is 2.38. The van der Waals surface area contributed by atoms with Crippen molar-refractivity contribution < 1.29 is 0 Å². The van der Waals surface area contributed by atoms with Crippen LogP contribution in [0.5, 0.6) is 0 Å². The molecule has 130 valence electrons. The number of hydrogen-bond acceptors (Lipinski definition) is 1. The standard InChI is InChI=1S/C22H20ClN3/c1-3-15-9-10-25-14(2)21(24-20(25)11-15)19-12-17-5-4-6-18(23)22(17)26(19)13-16-7-8-16/h3-6,9-12,16H,1,7-8,13H2,2H3. The maximum atomic E-state index is 6.57. The van der Waals surface area contributed by atoms with Crippen LogP contribution in [0.3, 0.4) is 0 Å². The van der Waals surface area contributed by atoms with E-state index in [1.54, 1.807) is 0 Å². The van der Waals surface area contributed by atoms with Crippen molar-refractivity contribution in [3.05, 3.63) is 65.5 Å². The fourth-order valence-corrected chi connectivity index (χ4v) is 4.06. The van der Waals surface area contributed by atoms with Gasteiger partial charge in [-0.3, -0.25) is 0 Å². The second-order valence-electron chi connectivity index (χ2n) is 7.20. The first-order valence-corrected chi connectivity index (χ1v) is 9.43. The van der Waals surface area contributed by atoms with Crippen molar-refractivity contribution in [2.75, 3.05) is 0 Å². The Balaban J connectivity index is 1.78. The third-order valence-corrected chi connectivity index (χ3v) is 5.68. The van der Waals surface area contributed by atoms with Crippen molar-refractivity contribution in [3.8, 4) is 11.4 Å². The molecule has 0 atom stereocenters. The van der Waals surface area contributed by atoms with Gasteiger partial charge in [0.2, 0.25) is 0 Å². The Labute approximate surface area is 157 Å². The minimum Gasteiger partial charge on any atom is -0.338 e. The number of aryl methyl sites for hydroxylation is 1. The van der Waals surface area contributed by atoms with Crippen molar-refractivity contribution in [3.63, 3.8) is 0 Å². The van der Waals surface area contributed by atoms with Crippen LogP contribution < -0.4 is 0 Å². The van der Waals surface area contributed by atoms with Crippen LogP contribution in [0.2, 0.25) is 5.02 Å². The van der Waals surface area contributed by atoms with Crippen LogP contribution in [0.25, 0.3) is 34.0 Å². The number of fused-ring (bicyclic) bond motifs is 2. The zero-order chi connectivity index (χ0) is 17.8. The number of benzene rings is 1. The summed E-state index contributed by atoms with van der Waals surface area (Å²) in [6.07, 6.45) is 6.53. The highest BCUT2D eigenvalue weighted by molar-refractivity contribution is 6.35. The van der Waals surface area contributed by atoms with Crippen molar-refractivity contribution in [1.29, 1.82) is 0 Å². The lowest BCUT2D eigenvalue weighted by molar-refractivity contribution is 0.651. The van der Waals surface area contributed by atoms with Gasteiger partial charge in [-0.25, -0.2) is 4.98 Å². The van der Waals surface area contributed by atoms with E-state index in [0.717, 1.165) is 51.3 Å². The Hall–Kier alpha value is -2.52. The number of imidazole rings is 1. The molecule has 1 saturated carbocycles. The van der Waals surface area contributed by atoms with Gasteiger partial charge in [-0.2, -0.15) is 0 Å². The van der Waals surface area contributed by atoms with Gasteiger partial charge in [-0.05, 0) is 55.5 Å². The molecule has 0 amide bonds. The van der Waals surface area contributed by atoms with Gasteiger partial charge in [-0.15, -0.1) is 0 Å². The van der Waals surface area contributed by atoms with Crippen molar-refractivity contribution in [2.45, 2.75) is 26.3 Å². The Morgan fingerprint density at radius 1 is 1.27 bits per heavy atom. The second-order valence-corrected chi connectivity index (χ2v) is 7.61.